The first-order valence-electron chi connectivity index (χ1n) is 7.72. The number of rotatable bonds is 3. The van der Waals surface area contributed by atoms with E-state index in [9.17, 15) is 4.79 Å². The standard InChI is InChI=1S/C17H19ClN4O2.H3N/c1-12(23)21-6-8-22(9-7-21)14-2-4-15(5-3-14)24-17-16(18)10-13(19)11-20-17;/h2-5,10-11H,6-9,19H2,1H3;1H3. The van der Waals surface area contributed by atoms with Crippen molar-refractivity contribution in [2.24, 2.45) is 0 Å². The van der Waals surface area contributed by atoms with Crippen molar-refractivity contribution < 1.29 is 9.53 Å². The molecule has 1 amide bonds. The van der Waals surface area contributed by atoms with E-state index in [0.717, 1.165) is 31.9 Å². The Morgan fingerprint density at radius 1 is 1.20 bits per heavy atom. The normalized spacial score (nSPS) is 14.0. The Bertz CT molecular complexity index is 730. The minimum Gasteiger partial charge on any atom is -0.438 e. The summed E-state index contributed by atoms with van der Waals surface area (Å²) in [6.07, 6.45) is 1.50. The van der Waals surface area contributed by atoms with Gasteiger partial charge in [0.15, 0.2) is 0 Å². The van der Waals surface area contributed by atoms with Crippen molar-refractivity contribution in [3.63, 3.8) is 0 Å². The smallest absolute Gasteiger partial charge is 0.238 e. The number of benzene rings is 1. The quantitative estimate of drug-likeness (QED) is 0.868. The second kappa shape index (κ2) is 8.04. The van der Waals surface area contributed by atoms with Gasteiger partial charge < -0.3 is 26.4 Å². The highest BCUT2D eigenvalue weighted by molar-refractivity contribution is 6.32. The highest BCUT2D eigenvalue weighted by Gasteiger charge is 2.18. The van der Waals surface area contributed by atoms with E-state index in [4.69, 9.17) is 22.1 Å². The number of carbonyl (C=O) groups excluding carboxylic acids is 1. The van der Waals surface area contributed by atoms with Crippen LogP contribution in [0.15, 0.2) is 36.5 Å². The summed E-state index contributed by atoms with van der Waals surface area (Å²) in [6, 6.07) is 9.34. The zero-order valence-corrected chi connectivity index (χ0v) is 14.9. The van der Waals surface area contributed by atoms with Gasteiger partial charge in [0.1, 0.15) is 10.8 Å². The van der Waals surface area contributed by atoms with Crippen molar-refractivity contribution in [2.45, 2.75) is 6.92 Å². The Morgan fingerprint density at radius 2 is 1.84 bits per heavy atom. The second-order valence-corrected chi connectivity index (χ2v) is 6.05. The van der Waals surface area contributed by atoms with Crippen molar-refractivity contribution >= 4 is 28.9 Å². The molecule has 2 heterocycles. The Kier molecular flexibility index (Phi) is 6.06. The summed E-state index contributed by atoms with van der Waals surface area (Å²) < 4.78 is 5.68. The minimum absolute atomic E-state index is 0. The van der Waals surface area contributed by atoms with Gasteiger partial charge in [-0.15, -0.1) is 0 Å². The molecule has 0 radical (unpaired) electrons. The van der Waals surface area contributed by atoms with Crippen molar-refractivity contribution in [2.75, 3.05) is 36.8 Å². The first kappa shape index (κ1) is 18.8. The van der Waals surface area contributed by atoms with E-state index in [1.54, 1.807) is 13.0 Å². The first-order chi connectivity index (χ1) is 11.5. The van der Waals surface area contributed by atoms with Gasteiger partial charge in [0.05, 0.1) is 11.9 Å². The van der Waals surface area contributed by atoms with Crippen LogP contribution in [0.5, 0.6) is 11.6 Å². The monoisotopic (exact) mass is 363 g/mol. The lowest BCUT2D eigenvalue weighted by molar-refractivity contribution is -0.129. The molecule has 1 aliphatic rings. The molecule has 3 rings (SSSR count). The molecule has 1 aromatic carbocycles. The number of hydrogen-bond acceptors (Lipinski definition) is 6. The molecule has 0 aliphatic carbocycles. The highest BCUT2D eigenvalue weighted by atomic mass is 35.5. The molecule has 0 bridgehead atoms. The third-order valence-electron chi connectivity index (χ3n) is 3.97. The fraction of sp³-hybridized carbons (Fsp3) is 0.294. The molecule has 5 N–H and O–H groups in total. The van der Waals surface area contributed by atoms with Crippen LogP contribution in [0.2, 0.25) is 5.02 Å². The van der Waals surface area contributed by atoms with Crippen LogP contribution in [0.3, 0.4) is 0 Å². The van der Waals surface area contributed by atoms with Crippen LogP contribution in [0.4, 0.5) is 11.4 Å². The minimum atomic E-state index is 0. The molecular formula is C17H22ClN5O2. The van der Waals surface area contributed by atoms with Gasteiger partial charge in [-0.25, -0.2) is 4.98 Å². The lowest BCUT2D eigenvalue weighted by Crippen LogP contribution is -2.48. The molecule has 0 saturated carbocycles. The molecule has 25 heavy (non-hydrogen) atoms. The Labute approximate surface area is 151 Å². The van der Waals surface area contributed by atoms with E-state index in [1.807, 2.05) is 29.2 Å². The number of piperazine rings is 1. The number of ether oxygens (including phenoxy) is 1. The van der Waals surface area contributed by atoms with Gasteiger partial charge in [-0.1, -0.05) is 11.6 Å². The lowest BCUT2D eigenvalue weighted by atomic mass is 10.2. The maximum Gasteiger partial charge on any atom is 0.238 e. The number of aromatic nitrogens is 1. The third kappa shape index (κ3) is 4.52. The van der Waals surface area contributed by atoms with Crippen LogP contribution < -0.4 is 21.5 Å². The summed E-state index contributed by atoms with van der Waals surface area (Å²) in [4.78, 5) is 19.6. The predicted molar refractivity (Wildman–Crippen MR) is 99.7 cm³/mol. The molecule has 7 nitrogen and oxygen atoms in total. The van der Waals surface area contributed by atoms with Crippen molar-refractivity contribution in [1.29, 1.82) is 0 Å². The number of amides is 1. The zero-order valence-electron chi connectivity index (χ0n) is 14.1. The zero-order chi connectivity index (χ0) is 17.1. The average Bonchev–Trinajstić information content (AvgIpc) is 2.58. The van der Waals surface area contributed by atoms with Gasteiger partial charge in [-0.3, -0.25) is 4.79 Å². The Balaban J connectivity index is 0.00000225. The van der Waals surface area contributed by atoms with Gasteiger partial charge in [0.25, 0.3) is 0 Å². The van der Waals surface area contributed by atoms with Crippen LogP contribution in [0.1, 0.15) is 6.92 Å². The van der Waals surface area contributed by atoms with Gasteiger partial charge in [-0.05, 0) is 30.3 Å². The van der Waals surface area contributed by atoms with Crippen LogP contribution >= 0.6 is 11.6 Å². The number of carbonyl (C=O) groups is 1. The van der Waals surface area contributed by atoms with E-state index in [2.05, 4.69) is 9.88 Å². The highest BCUT2D eigenvalue weighted by Crippen LogP contribution is 2.29. The van der Waals surface area contributed by atoms with Crippen LogP contribution in [0, 0.1) is 0 Å². The molecule has 0 atom stereocenters. The van der Waals surface area contributed by atoms with Crippen molar-refractivity contribution in [1.82, 2.24) is 16.0 Å². The first-order valence-corrected chi connectivity index (χ1v) is 8.10. The summed E-state index contributed by atoms with van der Waals surface area (Å²) in [6.45, 7) is 4.76. The summed E-state index contributed by atoms with van der Waals surface area (Å²) in [5.74, 6) is 1.11. The summed E-state index contributed by atoms with van der Waals surface area (Å²) >= 11 is 6.06. The van der Waals surface area contributed by atoms with Crippen LogP contribution in [-0.2, 0) is 4.79 Å². The van der Waals surface area contributed by atoms with Crippen molar-refractivity contribution in [3.05, 3.63) is 41.6 Å². The van der Waals surface area contributed by atoms with Gasteiger partial charge >= 0.3 is 0 Å². The molecule has 1 fully saturated rings. The average molecular weight is 364 g/mol. The number of pyridine rings is 1. The van der Waals surface area contributed by atoms with Gasteiger partial charge in [0.2, 0.25) is 11.8 Å². The number of hydrogen-bond donors (Lipinski definition) is 2. The predicted octanol–water partition coefficient (Wildman–Crippen LogP) is 2.94. The molecule has 0 unspecified atom stereocenters. The fourth-order valence-electron chi connectivity index (χ4n) is 2.63. The fourth-order valence-corrected chi connectivity index (χ4v) is 2.84. The molecule has 1 aliphatic heterocycles. The van der Waals surface area contributed by atoms with E-state index >= 15 is 0 Å². The Hall–Kier alpha value is -2.51. The second-order valence-electron chi connectivity index (χ2n) is 5.64. The molecule has 2 aromatic rings. The molecule has 1 saturated heterocycles. The van der Waals surface area contributed by atoms with E-state index in [-0.39, 0.29) is 12.1 Å². The molecule has 0 spiro atoms. The number of nitrogens with two attached hydrogens (primary N) is 1. The summed E-state index contributed by atoms with van der Waals surface area (Å²) in [7, 11) is 0. The number of nitrogen functional groups attached to an aromatic ring is 1. The molecule has 1 aromatic heterocycles. The SMILES string of the molecule is CC(=O)N1CCN(c2ccc(Oc3ncc(N)cc3Cl)cc2)CC1.N. The van der Waals surface area contributed by atoms with E-state index in [0.29, 0.717) is 22.3 Å². The largest absolute Gasteiger partial charge is 0.438 e. The number of halogens is 1. The molecule has 134 valence electrons. The van der Waals surface area contributed by atoms with Gasteiger partial charge in [-0.2, -0.15) is 0 Å². The van der Waals surface area contributed by atoms with E-state index in [1.165, 1.54) is 6.20 Å². The number of anilines is 2. The maximum absolute atomic E-state index is 11.4. The van der Waals surface area contributed by atoms with Gasteiger partial charge in [0, 0.05) is 38.8 Å². The Morgan fingerprint density at radius 3 is 2.40 bits per heavy atom. The number of nitrogens with zero attached hydrogens (tertiary/aromatic N) is 3. The topological polar surface area (TPSA) is 107 Å². The van der Waals surface area contributed by atoms with Crippen molar-refractivity contribution in [3.8, 4) is 11.6 Å². The van der Waals surface area contributed by atoms with E-state index < -0.39 is 0 Å². The summed E-state index contributed by atoms with van der Waals surface area (Å²) in [5, 5.41) is 0.374. The molecular weight excluding hydrogens is 342 g/mol. The third-order valence-corrected chi connectivity index (χ3v) is 4.24. The van der Waals surface area contributed by atoms with Crippen LogP contribution in [-0.4, -0.2) is 42.0 Å². The molecule has 8 heteroatoms. The lowest BCUT2D eigenvalue weighted by Gasteiger charge is -2.35. The maximum atomic E-state index is 11.4. The summed E-state index contributed by atoms with van der Waals surface area (Å²) in [5.41, 5.74) is 7.21. The van der Waals surface area contributed by atoms with Crippen LogP contribution in [0.25, 0.3) is 0 Å².